The van der Waals surface area contributed by atoms with Crippen LogP contribution in [0, 0.1) is 0 Å². The number of fused-ring (bicyclic) bond motifs is 1. The Kier molecular flexibility index (Phi) is 4.60. The predicted octanol–water partition coefficient (Wildman–Crippen LogP) is 3.82. The highest BCUT2D eigenvalue weighted by atomic mass is 32.1. The average Bonchev–Trinajstić information content (AvgIpc) is 3.05. The fourth-order valence-electron chi connectivity index (χ4n) is 2.70. The molecule has 21 heavy (non-hydrogen) atoms. The molecule has 0 saturated carbocycles. The standard InChI is InChI=1S/C17H19N3S/c18-20-17(8-2-5-14-6-3-11-21-14)15-7-1-4-13-9-10-19-12-16(13)15/h1,3-4,6-7,9-12,17,20H,2,5,8,18H2. The number of aromatic nitrogens is 1. The van der Waals surface area contributed by atoms with Gasteiger partial charge in [-0.2, -0.15) is 0 Å². The molecule has 1 unspecified atom stereocenters. The van der Waals surface area contributed by atoms with E-state index in [1.807, 2.05) is 29.8 Å². The molecule has 0 aliphatic heterocycles. The van der Waals surface area contributed by atoms with Crippen molar-refractivity contribution < 1.29 is 0 Å². The lowest BCUT2D eigenvalue weighted by molar-refractivity contribution is 0.502. The summed E-state index contributed by atoms with van der Waals surface area (Å²) in [6, 6.07) is 12.8. The number of hydrazine groups is 1. The van der Waals surface area contributed by atoms with Crippen LogP contribution in [0.4, 0.5) is 0 Å². The second kappa shape index (κ2) is 6.80. The van der Waals surface area contributed by atoms with Crippen LogP contribution in [0.25, 0.3) is 10.8 Å². The molecule has 4 heteroatoms. The summed E-state index contributed by atoms with van der Waals surface area (Å²) in [6.45, 7) is 0. The topological polar surface area (TPSA) is 50.9 Å². The molecule has 2 heterocycles. The summed E-state index contributed by atoms with van der Waals surface area (Å²) >= 11 is 1.82. The van der Waals surface area contributed by atoms with Gasteiger partial charge in [0.2, 0.25) is 0 Å². The van der Waals surface area contributed by atoms with E-state index < -0.39 is 0 Å². The van der Waals surface area contributed by atoms with Crippen molar-refractivity contribution in [3.05, 3.63) is 64.6 Å². The van der Waals surface area contributed by atoms with E-state index in [4.69, 9.17) is 5.84 Å². The second-order valence-electron chi connectivity index (χ2n) is 5.13. The average molecular weight is 297 g/mol. The van der Waals surface area contributed by atoms with Crippen molar-refractivity contribution >= 4 is 22.1 Å². The molecule has 3 aromatic rings. The van der Waals surface area contributed by atoms with Crippen LogP contribution >= 0.6 is 11.3 Å². The monoisotopic (exact) mass is 297 g/mol. The number of nitrogens with one attached hydrogen (secondary N) is 1. The van der Waals surface area contributed by atoms with Crippen LogP contribution in [0.15, 0.2) is 54.2 Å². The van der Waals surface area contributed by atoms with Crippen LogP contribution in [-0.4, -0.2) is 4.98 Å². The molecule has 0 fully saturated rings. The largest absolute Gasteiger partial charge is 0.271 e. The molecule has 0 amide bonds. The van der Waals surface area contributed by atoms with Crippen LogP contribution in [0.3, 0.4) is 0 Å². The van der Waals surface area contributed by atoms with Crippen molar-refractivity contribution in [3.8, 4) is 0 Å². The molecule has 0 spiro atoms. The fraction of sp³-hybridized carbons (Fsp3) is 0.235. The van der Waals surface area contributed by atoms with E-state index in [1.54, 1.807) is 0 Å². The highest BCUT2D eigenvalue weighted by Gasteiger charge is 2.12. The van der Waals surface area contributed by atoms with Crippen molar-refractivity contribution in [1.82, 2.24) is 10.4 Å². The van der Waals surface area contributed by atoms with Gasteiger partial charge in [0.1, 0.15) is 0 Å². The minimum Gasteiger partial charge on any atom is -0.271 e. The first-order chi connectivity index (χ1) is 10.4. The van der Waals surface area contributed by atoms with E-state index in [1.165, 1.54) is 21.2 Å². The Hall–Kier alpha value is -1.75. The third-order valence-electron chi connectivity index (χ3n) is 3.79. The Bertz CT molecular complexity index is 689. The summed E-state index contributed by atoms with van der Waals surface area (Å²) in [7, 11) is 0. The molecule has 2 aromatic heterocycles. The summed E-state index contributed by atoms with van der Waals surface area (Å²) in [5.41, 5.74) is 4.20. The molecule has 1 aromatic carbocycles. The van der Waals surface area contributed by atoms with Crippen molar-refractivity contribution in [2.24, 2.45) is 5.84 Å². The van der Waals surface area contributed by atoms with E-state index in [9.17, 15) is 0 Å². The van der Waals surface area contributed by atoms with Gasteiger partial charge in [-0.3, -0.25) is 16.3 Å². The van der Waals surface area contributed by atoms with Gasteiger partial charge in [-0.05, 0) is 47.7 Å². The number of pyridine rings is 1. The highest BCUT2D eigenvalue weighted by Crippen LogP contribution is 2.26. The molecule has 3 rings (SSSR count). The number of thiophene rings is 1. The van der Waals surface area contributed by atoms with E-state index in [0.717, 1.165) is 19.3 Å². The van der Waals surface area contributed by atoms with Gasteiger partial charge < -0.3 is 0 Å². The summed E-state index contributed by atoms with van der Waals surface area (Å²) in [4.78, 5) is 5.68. The summed E-state index contributed by atoms with van der Waals surface area (Å²) < 4.78 is 0. The molecule has 0 aliphatic carbocycles. The van der Waals surface area contributed by atoms with Crippen LogP contribution < -0.4 is 11.3 Å². The first-order valence-corrected chi connectivity index (χ1v) is 8.07. The molecule has 0 aliphatic rings. The Morgan fingerprint density at radius 2 is 2.14 bits per heavy atom. The van der Waals surface area contributed by atoms with E-state index in [2.05, 4.69) is 46.1 Å². The third kappa shape index (κ3) is 3.29. The van der Waals surface area contributed by atoms with Gasteiger partial charge >= 0.3 is 0 Å². The molecule has 3 N–H and O–H groups in total. The molecule has 0 saturated heterocycles. The summed E-state index contributed by atoms with van der Waals surface area (Å²) in [5, 5.41) is 4.52. The lowest BCUT2D eigenvalue weighted by Gasteiger charge is -2.18. The van der Waals surface area contributed by atoms with E-state index >= 15 is 0 Å². The predicted molar refractivity (Wildman–Crippen MR) is 89.1 cm³/mol. The van der Waals surface area contributed by atoms with E-state index in [0.29, 0.717) is 0 Å². The molecule has 3 nitrogen and oxygen atoms in total. The Morgan fingerprint density at radius 1 is 1.19 bits per heavy atom. The number of nitrogens with zero attached hydrogens (tertiary/aromatic N) is 1. The van der Waals surface area contributed by atoms with Crippen LogP contribution in [-0.2, 0) is 6.42 Å². The zero-order chi connectivity index (χ0) is 14.5. The number of aryl methyl sites for hydroxylation is 1. The van der Waals surface area contributed by atoms with Crippen LogP contribution in [0.1, 0.15) is 29.3 Å². The van der Waals surface area contributed by atoms with Gasteiger partial charge in [0.05, 0.1) is 0 Å². The van der Waals surface area contributed by atoms with Crippen molar-refractivity contribution in [1.29, 1.82) is 0 Å². The van der Waals surface area contributed by atoms with Crippen LogP contribution in [0.5, 0.6) is 0 Å². The fourth-order valence-corrected chi connectivity index (χ4v) is 3.46. The molecule has 108 valence electrons. The first-order valence-electron chi connectivity index (χ1n) is 7.19. The Morgan fingerprint density at radius 3 is 2.95 bits per heavy atom. The second-order valence-corrected chi connectivity index (χ2v) is 6.17. The quantitative estimate of drug-likeness (QED) is 0.537. The van der Waals surface area contributed by atoms with E-state index in [-0.39, 0.29) is 6.04 Å². The van der Waals surface area contributed by atoms with Gasteiger partial charge in [-0.15, -0.1) is 11.3 Å². The molecular weight excluding hydrogens is 278 g/mol. The van der Waals surface area contributed by atoms with Crippen molar-refractivity contribution in [2.75, 3.05) is 0 Å². The third-order valence-corrected chi connectivity index (χ3v) is 4.73. The minimum atomic E-state index is 0.165. The first kappa shape index (κ1) is 14.2. The van der Waals surface area contributed by atoms with Gasteiger partial charge in [-0.1, -0.05) is 24.3 Å². The Balaban J connectivity index is 1.75. The molecule has 0 bridgehead atoms. The number of hydrogen-bond donors (Lipinski definition) is 2. The number of hydrogen-bond acceptors (Lipinski definition) is 4. The lowest BCUT2D eigenvalue weighted by atomic mass is 9.96. The molecule has 1 atom stereocenters. The zero-order valence-electron chi connectivity index (χ0n) is 11.8. The maximum absolute atomic E-state index is 5.79. The molecular formula is C17H19N3S. The maximum Gasteiger partial charge on any atom is 0.0466 e. The summed E-state index contributed by atoms with van der Waals surface area (Å²) in [6.07, 6.45) is 7.00. The normalized spacial score (nSPS) is 12.6. The van der Waals surface area contributed by atoms with Gasteiger partial charge in [0, 0.05) is 28.7 Å². The van der Waals surface area contributed by atoms with Gasteiger partial charge in [0.15, 0.2) is 0 Å². The van der Waals surface area contributed by atoms with Gasteiger partial charge in [0.25, 0.3) is 0 Å². The maximum atomic E-state index is 5.79. The lowest BCUT2D eigenvalue weighted by Crippen LogP contribution is -2.28. The summed E-state index contributed by atoms with van der Waals surface area (Å²) in [5.74, 6) is 5.79. The SMILES string of the molecule is NNC(CCCc1cccs1)c1cccc2ccncc12. The van der Waals surface area contributed by atoms with Crippen molar-refractivity contribution in [3.63, 3.8) is 0 Å². The number of benzene rings is 1. The highest BCUT2D eigenvalue weighted by molar-refractivity contribution is 7.09. The van der Waals surface area contributed by atoms with Gasteiger partial charge in [-0.25, -0.2) is 0 Å². The zero-order valence-corrected chi connectivity index (χ0v) is 12.6. The molecule has 0 radical (unpaired) electrons. The van der Waals surface area contributed by atoms with Crippen molar-refractivity contribution in [2.45, 2.75) is 25.3 Å². The van der Waals surface area contributed by atoms with Crippen LogP contribution in [0.2, 0.25) is 0 Å². The number of nitrogens with two attached hydrogens (primary N) is 1. The number of rotatable bonds is 6. The smallest absolute Gasteiger partial charge is 0.0466 e. The Labute approximate surface area is 128 Å². The minimum absolute atomic E-state index is 0.165.